The maximum absolute atomic E-state index is 4.26. The molecule has 0 saturated carbocycles. The average Bonchev–Trinajstić information content (AvgIpc) is 2.71. The van der Waals surface area contributed by atoms with E-state index in [9.17, 15) is 0 Å². The molecule has 0 saturated heterocycles. The van der Waals surface area contributed by atoms with Gasteiger partial charge in [0.15, 0.2) is 5.82 Å². The third-order valence-corrected chi connectivity index (χ3v) is 2.02. The fourth-order valence-electron chi connectivity index (χ4n) is 1.14. The maximum Gasteiger partial charge on any atom is 0.156 e. The standard InChI is InChI=1S/C9H11N5/c1-7(2)8-3-4-9(10-5-8)14-6-11-12-13-14/h3-7H,1-2H3. The zero-order valence-electron chi connectivity index (χ0n) is 8.12. The van der Waals surface area contributed by atoms with Crippen LogP contribution in [0.25, 0.3) is 5.82 Å². The van der Waals surface area contributed by atoms with Crippen molar-refractivity contribution < 1.29 is 0 Å². The predicted octanol–water partition coefficient (Wildman–Crippen LogP) is 1.18. The Balaban J connectivity index is 2.31. The van der Waals surface area contributed by atoms with Crippen molar-refractivity contribution in [2.75, 3.05) is 0 Å². The number of aromatic nitrogens is 5. The topological polar surface area (TPSA) is 56.5 Å². The van der Waals surface area contributed by atoms with E-state index in [1.807, 2.05) is 18.3 Å². The van der Waals surface area contributed by atoms with Gasteiger partial charge < -0.3 is 0 Å². The lowest BCUT2D eigenvalue weighted by Gasteiger charge is -2.04. The first-order valence-corrected chi connectivity index (χ1v) is 4.46. The molecule has 0 aromatic carbocycles. The van der Waals surface area contributed by atoms with Crippen LogP contribution in [0.1, 0.15) is 25.3 Å². The molecule has 0 radical (unpaired) electrons. The first-order valence-electron chi connectivity index (χ1n) is 4.46. The largest absolute Gasteiger partial charge is 0.237 e. The van der Waals surface area contributed by atoms with Crippen LogP contribution in [0, 0.1) is 0 Å². The molecule has 0 N–H and O–H groups in total. The van der Waals surface area contributed by atoms with Crippen molar-refractivity contribution in [3.8, 4) is 5.82 Å². The van der Waals surface area contributed by atoms with Crippen molar-refractivity contribution in [3.63, 3.8) is 0 Å². The number of hydrogen-bond donors (Lipinski definition) is 0. The summed E-state index contributed by atoms with van der Waals surface area (Å²) in [5.41, 5.74) is 1.21. The van der Waals surface area contributed by atoms with Gasteiger partial charge in [0.1, 0.15) is 6.33 Å². The Morgan fingerprint density at radius 2 is 2.14 bits per heavy atom. The van der Waals surface area contributed by atoms with E-state index < -0.39 is 0 Å². The fraction of sp³-hybridized carbons (Fsp3) is 0.333. The summed E-state index contributed by atoms with van der Waals surface area (Å²) in [4.78, 5) is 4.26. The van der Waals surface area contributed by atoms with Gasteiger partial charge in [-0.1, -0.05) is 19.9 Å². The summed E-state index contributed by atoms with van der Waals surface area (Å²) in [5, 5.41) is 10.9. The van der Waals surface area contributed by atoms with E-state index in [0.29, 0.717) is 5.92 Å². The quantitative estimate of drug-likeness (QED) is 0.711. The highest BCUT2D eigenvalue weighted by atomic mass is 15.5. The van der Waals surface area contributed by atoms with Crippen LogP contribution in [0.2, 0.25) is 0 Å². The summed E-state index contributed by atoms with van der Waals surface area (Å²) >= 11 is 0. The molecule has 2 rings (SSSR count). The van der Waals surface area contributed by atoms with Crippen molar-refractivity contribution in [1.82, 2.24) is 25.2 Å². The van der Waals surface area contributed by atoms with Crippen molar-refractivity contribution in [1.29, 1.82) is 0 Å². The normalized spacial score (nSPS) is 10.8. The Morgan fingerprint density at radius 1 is 1.29 bits per heavy atom. The number of tetrazole rings is 1. The zero-order valence-corrected chi connectivity index (χ0v) is 8.12. The van der Waals surface area contributed by atoms with Gasteiger partial charge >= 0.3 is 0 Å². The van der Waals surface area contributed by atoms with Crippen molar-refractivity contribution in [2.24, 2.45) is 0 Å². The molecule has 2 aromatic rings. The molecule has 0 aliphatic heterocycles. The number of nitrogens with zero attached hydrogens (tertiary/aromatic N) is 5. The van der Waals surface area contributed by atoms with E-state index >= 15 is 0 Å². The average molecular weight is 189 g/mol. The molecule has 0 spiro atoms. The first-order chi connectivity index (χ1) is 6.77. The molecule has 0 bridgehead atoms. The summed E-state index contributed by atoms with van der Waals surface area (Å²) in [6, 6.07) is 3.94. The molecule has 0 atom stereocenters. The third-order valence-electron chi connectivity index (χ3n) is 2.02. The molecule has 2 heterocycles. The Kier molecular flexibility index (Phi) is 2.22. The van der Waals surface area contributed by atoms with Crippen LogP contribution in [0.4, 0.5) is 0 Å². The van der Waals surface area contributed by atoms with E-state index in [2.05, 4.69) is 34.4 Å². The van der Waals surface area contributed by atoms with Crippen LogP contribution in [0.15, 0.2) is 24.7 Å². The molecule has 5 heteroatoms. The molecule has 0 aliphatic rings. The molecule has 72 valence electrons. The minimum atomic E-state index is 0.491. The molecule has 5 nitrogen and oxygen atoms in total. The van der Waals surface area contributed by atoms with Gasteiger partial charge in [0, 0.05) is 6.20 Å². The molecule has 0 amide bonds. The van der Waals surface area contributed by atoms with Gasteiger partial charge in [0.05, 0.1) is 0 Å². The summed E-state index contributed by atoms with van der Waals surface area (Å²) in [5.74, 6) is 1.23. The van der Waals surface area contributed by atoms with Crippen LogP contribution < -0.4 is 0 Å². The lowest BCUT2D eigenvalue weighted by atomic mass is 10.1. The monoisotopic (exact) mass is 189 g/mol. The molecular formula is C9H11N5. The van der Waals surface area contributed by atoms with Crippen molar-refractivity contribution in [3.05, 3.63) is 30.2 Å². The second-order valence-corrected chi connectivity index (χ2v) is 3.36. The van der Waals surface area contributed by atoms with E-state index in [1.54, 1.807) is 0 Å². The number of rotatable bonds is 2. The lowest BCUT2D eigenvalue weighted by Crippen LogP contribution is -1.99. The number of pyridine rings is 1. The van der Waals surface area contributed by atoms with Crippen LogP contribution in [0.3, 0.4) is 0 Å². The van der Waals surface area contributed by atoms with Crippen LogP contribution in [0.5, 0.6) is 0 Å². The van der Waals surface area contributed by atoms with Gasteiger partial charge in [0.2, 0.25) is 0 Å². The SMILES string of the molecule is CC(C)c1ccc(-n2cnnn2)nc1. The highest BCUT2D eigenvalue weighted by molar-refractivity contribution is 5.24. The summed E-state index contributed by atoms with van der Waals surface area (Å²) in [6.07, 6.45) is 3.37. The molecule has 2 aromatic heterocycles. The Labute approximate surface area is 81.8 Å². The van der Waals surface area contributed by atoms with Crippen LogP contribution in [-0.4, -0.2) is 25.2 Å². The predicted molar refractivity (Wildman–Crippen MR) is 51.0 cm³/mol. The van der Waals surface area contributed by atoms with Gasteiger partial charge in [0.25, 0.3) is 0 Å². The highest BCUT2D eigenvalue weighted by Crippen LogP contribution is 2.13. The molecule has 14 heavy (non-hydrogen) atoms. The fourth-order valence-corrected chi connectivity index (χ4v) is 1.14. The third kappa shape index (κ3) is 1.61. The molecular weight excluding hydrogens is 178 g/mol. The molecule has 0 aliphatic carbocycles. The van der Waals surface area contributed by atoms with E-state index in [0.717, 1.165) is 5.82 Å². The second-order valence-electron chi connectivity index (χ2n) is 3.36. The maximum atomic E-state index is 4.26. The minimum absolute atomic E-state index is 0.491. The highest BCUT2D eigenvalue weighted by Gasteiger charge is 2.01. The van der Waals surface area contributed by atoms with Gasteiger partial charge in [-0.15, -0.1) is 5.10 Å². The van der Waals surface area contributed by atoms with Crippen molar-refractivity contribution >= 4 is 0 Å². The second kappa shape index (κ2) is 3.53. The van der Waals surface area contributed by atoms with Gasteiger partial charge in [-0.25, -0.2) is 4.98 Å². The van der Waals surface area contributed by atoms with Gasteiger partial charge in [-0.2, -0.15) is 4.68 Å². The number of hydrogen-bond acceptors (Lipinski definition) is 4. The Bertz CT molecular complexity index is 390. The van der Waals surface area contributed by atoms with E-state index in [4.69, 9.17) is 0 Å². The summed E-state index contributed by atoms with van der Waals surface area (Å²) < 4.78 is 1.53. The summed E-state index contributed by atoms with van der Waals surface area (Å²) in [7, 11) is 0. The van der Waals surface area contributed by atoms with Crippen LogP contribution >= 0.6 is 0 Å². The first kappa shape index (κ1) is 8.80. The van der Waals surface area contributed by atoms with Gasteiger partial charge in [-0.05, 0) is 28.0 Å². The zero-order chi connectivity index (χ0) is 9.97. The van der Waals surface area contributed by atoms with Crippen molar-refractivity contribution in [2.45, 2.75) is 19.8 Å². The van der Waals surface area contributed by atoms with E-state index in [1.165, 1.54) is 16.6 Å². The molecule has 0 unspecified atom stereocenters. The Morgan fingerprint density at radius 3 is 2.64 bits per heavy atom. The molecule has 0 fully saturated rings. The Hall–Kier alpha value is -1.78. The summed E-state index contributed by atoms with van der Waals surface area (Å²) in [6.45, 7) is 4.27. The van der Waals surface area contributed by atoms with E-state index in [-0.39, 0.29) is 0 Å². The smallest absolute Gasteiger partial charge is 0.156 e. The van der Waals surface area contributed by atoms with Gasteiger partial charge in [-0.3, -0.25) is 0 Å². The van der Waals surface area contributed by atoms with Crippen LogP contribution in [-0.2, 0) is 0 Å². The minimum Gasteiger partial charge on any atom is -0.237 e. The lowest BCUT2D eigenvalue weighted by molar-refractivity contribution is 0.766.